The molecule has 0 heterocycles. The van der Waals surface area contributed by atoms with Crippen molar-refractivity contribution in [2.75, 3.05) is 32.1 Å². The van der Waals surface area contributed by atoms with Gasteiger partial charge >= 0.3 is 0 Å². The summed E-state index contributed by atoms with van der Waals surface area (Å²) in [7, 11) is 1.64. The summed E-state index contributed by atoms with van der Waals surface area (Å²) in [6.45, 7) is 5.42. The Hall–Kier alpha value is -2.08. The molecule has 0 aliphatic carbocycles. The maximum Gasteiger partial charge on any atom is 0.251 e. The quantitative estimate of drug-likeness (QED) is 0.574. The molecular weight excluding hydrogens is 294 g/mol. The third-order valence-corrected chi connectivity index (χ3v) is 3.43. The normalized spacial score (nSPS) is 11.6. The van der Waals surface area contributed by atoms with Crippen LogP contribution >= 0.6 is 0 Å². The second-order valence-corrected chi connectivity index (χ2v) is 5.41. The molecule has 128 valence electrons. The molecule has 3 N–H and O–H groups in total. The molecule has 6 heteroatoms. The van der Waals surface area contributed by atoms with E-state index in [1.54, 1.807) is 31.4 Å². The second kappa shape index (κ2) is 10.6. The largest absolute Gasteiger partial charge is 0.385 e. The van der Waals surface area contributed by atoms with Crippen molar-refractivity contribution in [2.45, 2.75) is 32.7 Å². The van der Waals surface area contributed by atoms with E-state index in [-0.39, 0.29) is 24.4 Å². The van der Waals surface area contributed by atoms with Crippen molar-refractivity contribution in [2.24, 2.45) is 0 Å². The maximum atomic E-state index is 11.9. The lowest BCUT2D eigenvalue weighted by Gasteiger charge is -2.12. The number of rotatable bonds is 10. The van der Waals surface area contributed by atoms with Gasteiger partial charge in [0.1, 0.15) is 0 Å². The summed E-state index contributed by atoms with van der Waals surface area (Å²) in [5.41, 5.74) is 1.40. The summed E-state index contributed by atoms with van der Waals surface area (Å²) in [5.74, 6) is -0.151. The Morgan fingerprint density at radius 3 is 2.52 bits per heavy atom. The molecule has 0 saturated carbocycles. The van der Waals surface area contributed by atoms with E-state index in [2.05, 4.69) is 16.0 Å². The molecule has 23 heavy (non-hydrogen) atoms. The van der Waals surface area contributed by atoms with E-state index in [4.69, 9.17) is 4.74 Å². The molecule has 6 nitrogen and oxygen atoms in total. The van der Waals surface area contributed by atoms with E-state index in [9.17, 15) is 9.59 Å². The summed E-state index contributed by atoms with van der Waals surface area (Å²) in [4.78, 5) is 23.6. The molecule has 1 rings (SSSR count). The van der Waals surface area contributed by atoms with Gasteiger partial charge in [0.05, 0.1) is 6.54 Å². The van der Waals surface area contributed by atoms with E-state index in [1.165, 1.54) is 0 Å². The van der Waals surface area contributed by atoms with Crippen molar-refractivity contribution in [3.8, 4) is 0 Å². The first-order chi connectivity index (χ1) is 11.1. The molecule has 0 saturated heterocycles. The number of amides is 2. The lowest BCUT2D eigenvalue weighted by molar-refractivity contribution is -0.120. The Kier molecular flexibility index (Phi) is 8.75. The van der Waals surface area contributed by atoms with Gasteiger partial charge in [0.15, 0.2) is 0 Å². The fourth-order valence-electron chi connectivity index (χ4n) is 1.87. The zero-order valence-electron chi connectivity index (χ0n) is 14.1. The fraction of sp³-hybridized carbons (Fsp3) is 0.529. The van der Waals surface area contributed by atoms with E-state index in [0.717, 1.165) is 18.5 Å². The molecule has 1 aromatic carbocycles. The minimum absolute atomic E-state index is 0.0423. The second-order valence-electron chi connectivity index (χ2n) is 5.41. The van der Waals surface area contributed by atoms with Gasteiger partial charge < -0.3 is 20.7 Å². The summed E-state index contributed by atoms with van der Waals surface area (Å²) in [6, 6.07) is 7.23. The third-order valence-electron chi connectivity index (χ3n) is 3.43. The van der Waals surface area contributed by atoms with Crippen molar-refractivity contribution < 1.29 is 14.3 Å². The van der Waals surface area contributed by atoms with Gasteiger partial charge in [0.25, 0.3) is 5.91 Å². The average Bonchev–Trinajstić information content (AvgIpc) is 2.57. The van der Waals surface area contributed by atoms with Crippen LogP contribution in [0.2, 0.25) is 0 Å². The van der Waals surface area contributed by atoms with Gasteiger partial charge in [-0.05, 0) is 44.0 Å². The minimum atomic E-state index is -0.109. The SMILES string of the molecule is CCC(C)NC(=O)CNc1ccc(C(=O)NCCCOC)cc1. The number of benzene rings is 1. The van der Waals surface area contributed by atoms with Crippen molar-refractivity contribution in [3.63, 3.8) is 0 Å². The molecule has 0 fully saturated rings. The average molecular weight is 321 g/mol. The highest BCUT2D eigenvalue weighted by molar-refractivity contribution is 5.94. The highest BCUT2D eigenvalue weighted by Gasteiger charge is 2.07. The zero-order valence-corrected chi connectivity index (χ0v) is 14.1. The molecule has 0 radical (unpaired) electrons. The van der Waals surface area contributed by atoms with Gasteiger partial charge in [-0.1, -0.05) is 6.92 Å². The van der Waals surface area contributed by atoms with Crippen molar-refractivity contribution in [1.82, 2.24) is 10.6 Å². The van der Waals surface area contributed by atoms with Crippen molar-refractivity contribution in [3.05, 3.63) is 29.8 Å². The highest BCUT2D eigenvalue weighted by Crippen LogP contribution is 2.09. The van der Waals surface area contributed by atoms with Crippen molar-refractivity contribution in [1.29, 1.82) is 0 Å². The van der Waals surface area contributed by atoms with Crippen LogP contribution in [-0.2, 0) is 9.53 Å². The molecule has 0 spiro atoms. The van der Waals surface area contributed by atoms with Crippen LogP contribution in [0.1, 0.15) is 37.0 Å². The van der Waals surface area contributed by atoms with Crippen LogP contribution in [0.3, 0.4) is 0 Å². The smallest absolute Gasteiger partial charge is 0.251 e. The minimum Gasteiger partial charge on any atom is -0.385 e. The fourth-order valence-corrected chi connectivity index (χ4v) is 1.87. The topological polar surface area (TPSA) is 79.5 Å². The van der Waals surface area contributed by atoms with Gasteiger partial charge in [-0.2, -0.15) is 0 Å². The highest BCUT2D eigenvalue weighted by atomic mass is 16.5. The Balaban J connectivity index is 2.38. The van der Waals surface area contributed by atoms with Gasteiger partial charge in [0, 0.05) is 37.6 Å². The molecule has 0 bridgehead atoms. The molecule has 0 aliphatic rings. The monoisotopic (exact) mass is 321 g/mol. The molecule has 1 atom stereocenters. The first-order valence-corrected chi connectivity index (χ1v) is 7.97. The van der Waals surface area contributed by atoms with E-state index in [0.29, 0.717) is 18.7 Å². The third kappa shape index (κ3) is 7.65. The van der Waals surface area contributed by atoms with Crippen LogP contribution in [0, 0.1) is 0 Å². The van der Waals surface area contributed by atoms with E-state index >= 15 is 0 Å². The van der Waals surface area contributed by atoms with Crippen LogP contribution in [-0.4, -0.2) is 44.7 Å². The predicted molar refractivity (Wildman–Crippen MR) is 91.7 cm³/mol. The Bertz CT molecular complexity index is 488. The Morgan fingerprint density at radius 2 is 1.91 bits per heavy atom. The molecule has 2 amide bonds. The van der Waals surface area contributed by atoms with Crippen molar-refractivity contribution >= 4 is 17.5 Å². The first-order valence-electron chi connectivity index (χ1n) is 7.97. The number of hydrogen-bond donors (Lipinski definition) is 3. The predicted octanol–water partition coefficient (Wildman–Crippen LogP) is 1.78. The van der Waals surface area contributed by atoms with Gasteiger partial charge in [-0.3, -0.25) is 9.59 Å². The number of carbonyl (C=O) groups is 2. The summed E-state index contributed by atoms with van der Waals surface area (Å²) in [6.07, 6.45) is 1.69. The number of carbonyl (C=O) groups excluding carboxylic acids is 2. The Morgan fingerprint density at radius 1 is 1.22 bits per heavy atom. The number of hydrogen-bond acceptors (Lipinski definition) is 4. The van der Waals surface area contributed by atoms with Gasteiger partial charge in [-0.15, -0.1) is 0 Å². The Labute approximate surface area is 138 Å². The number of anilines is 1. The molecule has 1 aromatic rings. The standard InChI is InChI=1S/C17H27N3O3/c1-4-13(2)20-16(21)12-19-15-8-6-14(7-9-15)17(22)18-10-5-11-23-3/h6-9,13,19H,4-5,10-12H2,1-3H3,(H,18,22)(H,20,21). The molecule has 1 unspecified atom stereocenters. The lowest BCUT2D eigenvalue weighted by atomic mass is 10.2. The molecular formula is C17H27N3O3. The van der Waals surface area contributed by atoms with E-state index in [1.807, 2.05) is 13.8 Å². The van der Waals surface area contributed by atoms with Crippen LogP contribution in [0.5, 0.6) is 0 Å². The van der Waals surface area contributed by atoms with Crippen LogP contribution in [0.15, 0.2) is 24.3 Å². The van der Waals surface area contributed by atoms with Gasteiger partial charge in [0.2, 0.25) is 5.91 Å². The number of methoxy groups -OCH3 is 1. The lowest BCUT2D eigenvalue weighted by Crippen LogP contribution is -2.36. The summed E-state index contributed by atoms with van der Waals surface area (Å²) in [5, 5.41) is 8.75. The van der Waals surface area contributed by atoms with Gasteiger partial charge in [-0.25, -0.2) is 0 Å². The first kappa shape index (κ1) is 19.0. The maximum absolute atomic E-state index is 11.9. The summed E-state index contributed by atoms with van der Waals surface area (Å²) < 4.78 is 4.93. The zero-order chi connectivity index (χ0) is 17.1. The van der Waals surface area contributed by atoms with Crippen LogP contribution in [0.25, 0.3) is 0 Å². The van der Waals surface area contributed by atoms with E-state index < -0.39 is 0 Å². The molecule has 0 aromatic heterocycles. The van der Waals surface area contributed by atoms with Crippen LogP contribution < -0.4 is 16.0 Å². The van der Waals surface area contributed by atoms with Crippen LogP contribution in [0.4, 0.5) is 5.69 Å². The molecule has 0 aliphatic heterocycles. The summed E-state index contributed by atoms with van der Waals surface area (Å²) >= 11 is 0. The number of ether oxygens (including phenoxy) is 1. The number of nitrogens with one attached hydrogen (secondary N) is 3.